The smallest absolute Gasteiger partial charge is 0.220 e. The molecule has 4 heteroatoms. The molecule has 1 N–H and O–H groups in total. The van der Waals surface area contributed by atoms with Crippen LogP contribution in [0.25, 0.3) is 6.08 Å². The molecule has 0 aliphatic heterocycles. The Morgan fingerprint density at radius 2 is 1.88 bits per heavy atom. The number of benzene rings is 2. The van der Waals surface area contributed by atoms with Gasteiger partial charge in [-0.15, -0.1) is 11.8 Å². The molecule has 0 unspecified atom stereocenters. The fraction of sp³-hybridized carbons (Fsp3) is 0.286. The Labute approximate surface area is 154 Å². The average Bonchev–Trinajstić information content (AvgIpc) is 2.64. The van der Waals surface area contributed by atoms with Crippen LogP contribution >= 0.6 is 11.8 Å². The van der Waals surface area contributed by atoms with Crippen molar-refractivity contribution in [3.8, 4) is 5.75 Å². The quantitative estimate of drug-likeness (QED) is 0.636. The number of amides is 1. The zero-order chi connectivity index (χ0) is 17.7. The summed E-state index contributed by atoms with van der Waals surface area (Å²) >= 11 is 1.65. The molecule has 0 bridgehead atoms. The second-order valence-electron chi connectivity index (χ2n) is 5.47. The Balaban J connectivity index is 1.62. The van der Waals surface area contributed by atoms with Gasteiger partial charge in [0.05, 0.1) is 6.61 Å². The Morgan fingerprint density at radius 3 is 2.68 bits per heavy atom. The summed E-state index contributed by atoms with van der Waals surface area (Å²) in [6, 6.07) is 18.1. The third kappa shape index (κ3) is 7.48. The molecule has 132 valence electrons. The predicted octanol–water partition coefficient (Wildman–Crippen LogP) is 4.54. The number of ether oxygens (including phenoxy) is 1. The number of hydrogen-bond donors (Lipinski definition) is 1. The number of rotatable bonds is 10. The molecule has 0 aliphatic rings. The van der Waals surface area contributed by atoms with Gasteiger partial charge in [-0.3, -0.25) is 4.79 Å². The van der Waals surface area contributed by atoms with Crippen molar-refractivity contribution in [1.82, 2.24) is 5.32 Å². The van der Waals surface area contributed by atoms with Crippen LogP contribution in [0.15, 0.2) is 60.0 Å². The lowest BCUT2D eigenvalue weighted by molar-refractivity contribution is -0.120. The second-order valence-corrected chi connectivity index (χ2v) is 6.49. The number of carbonyl (C=O) groups excluding carboxylic acids is 1. The number of carbonyl (C=O) groups is 1. The van der Waals surface area contributed by atoms with Crippen LogP contribution in [0.2, 0.25) is 0 Å². The van der Waals surface area contributed by atoms with Crippen molar-refractivity contribution in [2.45, 2.75) is 19.8 Å². The molecule has 2 rings (SSSR count). The molecule has 2 aromatic carbocycles. The van der Waals surface area contributed by atoms with Gasteiger partial charge in [0, 0.05) is 18.7 Å². The molecule has 3 nitrogen and oxygen atoms in total. The van der Waals surface area contributed by atoms with Gasteiger partial charge in [0.2, 0.25) is 5.91 Å². The van der Waals surface area contributed by atoms with Crippen molar-refractivity contribution >= 4 is 23.7 Å². The number of thioether (sulfide) groups is 1. The maximum absolute atomic E-state index is 11.9. The van der Waals surface area contributed by atoms with Gasteiger partial charge in [0.25, 0.3) is 0 Å². The molecule has 0 aliphatic carbocycles. The molecule has 1 amide bonds. The summed E-state index contributed by atoms with van der Waals surface area (Å²) in [5.41, 5.74) is 2.30. The largest absolute Gasteiger partial charge is 0.494 e. The van der Waals surface area contributed by atoms with Crippen LogP contribution in [0, 0.1) is 0 Å². The van der Waals surface area contributed by atoms with E-state index >= 15 is 0 Å². The fourth-order valence-corrected chi connectivity index (χ4v) is 3.03. The standard InChI is InChI=1S/C21H25NO2S/c1-2-24-20-11-7-6-10-19(20)12-15-22-21(23)14-17-25-16-13-18-8-4-3-5-9-18/h3-11,13,16H,2,12,14-15,17H2,1H3,(H,22,23). The molecule has 0 heterocycles. The maximum Gasteiger partial charge on any atom is 0.220 e. The van der Waals surface area contributed by atoms with Crippen molar-refractivity contribution in [1.29, 1.82) is 0 Å². The lowest BCUT2D eigenvalue weighted by Crippen LogP contribution is -2.26. The summed E-state index contributed by atoms with van der Waals surface area (Å²) in [6.07, 6.45) is 3.37. The van der Waals surface area contributed by atoms with Gasteiger partial charge in [-0.25, -0.2) is 0 Å². The molecule has 0 aromatic heterocycles. The van der Waals surface area contributed by atoms with Crippen molar-refractivity contribution in [3.05, 3.63) is 71.1 Å². The summed E-state index contributed by atoms with van der Waals surface area (Å²) in [7, 11) is 0. The van der Waals surface area contributed by atoms with E-state index in [9.17, 15) is 4.79 Å². The molecule has 25 heavy (non-hydrogen) atoms. The Morgan fingerprint density at radius 1 is 1.12 bits per heavy atom. The highest BCUT2D eigenvalue weighted by molar-refractivity contribution is 8.02. The molecule has 0 radical (unpaired) electrons. The molecular formula is C21H25NO2S. The Kier molecular flexibility index (Phi) is 8.70. The van der Waals surface area contributed by atoms with Crippen LogP contribution in [0.3, 0.4) is 0 Å². The summed E-state index contributed by atoms with van der Waals surface area (Å²) in [6.45, 7) is 3.26. The Bertz CT molecular complexity index is 671. The van der Waals surface area contributed by atoms with E-state index < -0.39 is 0 Å². The monoisotopic (exact) mass is 355 g/mol. The molecule has 0 fully saturated rings. The van der Waals surface area contributed by atoms with Gasteiger partial charge in [0.1, 0.15) is 5.75 Å². The summed E-state index contributed by atoms with van der Waals surface area (Å²) < 4.78 is 5.60. The van der Waals surface area contributed by atoms with Crippen molar-refractivity contribution < 1.29 is 9.53 Å². The van der Waals surface area contributed by atoms with Crippen LogP contribution in [-0.4, -0.2) is 24.8 Å². The van der Waals surface area contributed by atoms with Crippen LogP contribution in [-0.2, 0) is 11.2 Å². The highest BCUT2D eigenvalue weighted by Gasteiger charge is 2.04. The van der Waals surface area contributed by atoms with Gasteiger partial charge >= 0.3 is 0 Å². The van der Waals surface area contributed by atoms with Gasteiger partial charge < -0.3 is 10.1 Å². The van der Waals surface area contributed by atoms with E-state index in [0.717, 1.165) is 23.5 Å². The molecule has 0 saturated carbocycles. The van der Waals surface area contributed by atoms with E-state index in [0.29, 0.717) is 19.6 Å². The lowest BCUT2D eigenvalue weighted by Gasteiger charge is -2.10. The Hall–Kier alpha value is -2.20. The third-order valence-electron chi connectivity index (χ3n) is 3.59. The summed E-state index contributed by atoms with van der Waals surface area (Å²) in [4.78, 5) is 11.9. The third-order valence-corrected chi connectivity index (χ3v) is 4.36. The molecule has 2 aromatic rings. The minimum absolute atomic E-state index is 0.0921. The van der Waals surface area contributed by atoms with Gasteiger partial charge in [-0.05, 0) is 42.0 Å². The second kappa shape index (κ2) is 11.4. The van der Waals surface area contributed by atoms with E-state index in [-0.39, 0.29) is 5.91 Å². The lowest BCUT2D eigenvalue weighted by atomic mass is 10.1. The topological polar surface area (TPSA) is 38.3 Å². The first-order valence-corrected chi connectivity index (χ1v) is 9.65. The molecular weight excluding hydrogens is 330 g/mol. The van der Waals surface area contributed by atoms with Crippen LogP contribution < -0.4 is 10.1 Å². The number of para-hydroxylation sites is 1. The van der Waals surface area contributed by atoms with Gasteiger partial charge in [0.15, 0.2) is 0 Å². The van der Waals surface area contributed by atoms with E-state index in [1.54, 1.807) is 11.8 Å². The average molecular weight is 356 g/mol. The fourth-order valence-electron chi connectivity index (χ4n) is 2.34. The zero-order valence-corrected chi connectivity index (χ0v) is 15.4. The van der Waals surface area contributed by atoms with E-state index in [1.165, 1.54) is 5.56 Å². The minimum atomic E-state index is 0.0921. The molecule has 0 spiro atoms. The highest BCUT2D eigenvalue weighted by Crippen LogP contribution is 2.18. The van der Waals surface area contributed by atoms with Crippen molar-refractivity contribution in [2.24, 2.45) is 0 Å². The highest BCUT2D eigenvalue weighted by atomic mass is 32.2. The number of hydrogen-bond acceptors (Lipinski definition) is 3. The van der Waals surface area contributed by atoms with E-state index in [1.807, 2.05) is 54.8 Å². The first-order chi connectivity index (χ1) is 12.3. The van der Waals surface area contributed by atoms with Crippen LogP contribution in [0.1, 0.15) is 24.5 Å². The van der Waals surface area contributed by atoms with Crippen molar-refractivity contribution in [2.75, 3.05) is 18.9 Å². The first kappa shape index (κ1) is 19.1. The van der Waals surface area contributed by atoms with E-state index in [2.05, 4.69) is 23.5 Å². The first-order valence-electron chi connectivity index (χ1n) is 8.60. The van der Waals surface area contributed by atoms with Crippen LogP contribution in [0.4, 0.5) is 0 Å². The van der Waals surface area contributed by atoms with Gasteiger partial charge in [-0.1, -0.05) is 48.5 Å². The zero-order valence-electron chi connectivity index (χ0n) is 14.6. The molecule has 0 saturated heterocycles. The number of nitrogens with one attached hydrogen (secondary N) is 1. The molecule has 0 atom stereocenters. The van der Waals surface area contributed by atoms with E-state index in [4.69, 9.17) is 4.74 Å². The van der Waals surface area contributed by atoms with Crippen molar-refractivity contribution in [3.63, 3.8) is 0 Å². The summed E-state index contributed by atoms with van der Waals surface area (Å²) in [5, 5.41) is 5.02. The maximum atomic E-state index is 11.9. The van der Waals surface area contributed by atoms with Gasteiger partial charge in [-0.2, -0.15) is 0 Å². The van der Waals surface area contributed by atoms with Crippen LogP contribution in [0.5, 0.6) is 5.75 Å². The normalized spacial score (nSPS) is 10.8. The minimum Gasteiger partial charge on any atom is -0.494 e. The summed E-state index contributed by atoms with van der Waals surface area (Å²) in [5.74, 6) is 1.78. The SMILES string of the molecule is CCOc1ccccc1CCNC(=O)CCSC=Cc1ccccc1. The predicted molar refractivity (Wildman–Crippen MR) is 107 cm³/mol.